The van der Waals surface area contributed by atoms with Crippen molar-refractivity contribution in [2.45, 2.75) is 57.8 Å². The van der Waals surface area contributed by atoms with Crippen molar-refractivity contribution in [2.75, 3.05) is 32.7 Å². The Kier molecular flexibility index (Phi) is 6.76. The summed E-state index contributed by atoms with van der Waals surface area (Å²) < 4.78 is 29.2. The van der Waals surface area contributed by atoms with Crippen LogP contribution in [0.5, 0.6) is 0 Å². The maximum atomic E-state index is 12.9. The van der Waals surface area contributed by atoms with Crippen LogP contribution in [-0.2, 0) is 10.2 Å². The summed E-state index contributed by atoms with van der Waals surface area (Å²) in [6.07, 6.45) is 10.7. The monoisotopic (exact) mass is 365 g/mol. The smallest absolute Gasteiger partial charge is 0.281 e. The van der Waals surface area contributed by atoms with Gasteiger partial charge in [0, 0.05) is 26.2 Å². The van der Waals surface area contributed by atoms with Crippen LogP contribution < -0.4 is 5.73 Å². The van der Waals surface area contributed by atoms with Gasteiger partial charge in [-0.25, -0.2) is 0 Å². The highest BCUT2D eigenvalue weighted by Gasteiger charge is 2.41. The van der Waals surface area contributed by atoms with Gasteiger partial charge in [0.05, 0.1) is 0 Å². The molecule has 1 saturated carbocycles. The van der Waals surface area contributed by atoms with Crippen molar-refractivity contribution in [3.8, 4) is 0 Å². The van der Waals surface area contributed by atoms with Crippen molar-refractivity contribution in [1.82, 2.24) is 8.61 Å². The van der Waals surface area contributed by atoms with Crippen LogP contribution in [0.15, 0.2) is 0 Å². The van der Waals surface area contributed by atoms with Crippen molar-refractivity contribution < 1.29 is 8.42 Å². The molecule has 2 heterocycles. The molecule has 136 valence electrons. The first-order valence-corrected chi connectivity index (χ1v) is 10.4. The van der Waals surface area contributed by atoms with E-state index in [1.165, 1.54) is 32.1 Å². The molecule has 1 unspecified atom stereocenters. The molecule has 0 aromatic heterocycles. The Bertz CT molecular complexity index is 470. The Morgan fingerprint density at radius 1 is 0.913 bits per heavy atom. The molecule has 1 aliphatic carbocycles. The van der Waals surface area contributed by atoms with Gasteiger partial charge in [0.1, 0.15) is 0 Å². The van der Waals surface area contributed by atoms with Crippen molar-refractivity contribution in [3.63, 3.8) is 0 Å². The molecule has 2 saturated heterocycles. The molecule has 3 aliphatic rings. The zero-order valence-corrected chi connectivity index (χ0v) is 15.7. The quantitative estimate of drug-likeness (QED) is 0.834. The number of halogens is 1. The molecule has 2 aliphatic heterocycles. The highest BCUT2D eigenvalue weighted by atomic mass is 35.5. The van der Waals surface area contributed by atoms with Gasteiger partial charge in [0.25, 0.3) is 10.2 Å². The third kappa shape index (κ3) is 4.21. The van der Waals surface area contributed by atoms with Crippen molar-refractivity contribution >= 4 is 22.6 Å². The minimum Gasteiger partial charge on any atom is -0.330 e. The van der Waals surface area contributed by atoms with Gasteiger partial charge in [0.15, 0.2) is 0 Å². The number of hydrogen-bond donors (Lipinski definition) is 1. The van der Waals surface area contributed by atoms with Gasteiger partial charge in [0.2, 0.25) is 0 Å². The molecule has 0 aromatic carbocycles. The molecule has 3 fully saturated rings. The minimum absolute atomic E-state index is 0. The molecule has 3 rings (SSSR count). The SMILES string of the molecule is Cl.NCC1CCCN(S(=O)(=O)N2CCC3(CCCCC3)CC2)C1. The largest absolute Gasteiger partial charge is 0.330 e. The Balaban J connectivity index is 0.00000192. The average molecular weight is 366 g/mol. The number of rotatable bonds is 3. The van der Waals surface area contributed by atoms with Crippen LogP contribution in [0.3, 0.4) is 0 Å². The fourth-order valence-electron chi connectivity index (χ4n) is 4.59. The van der Waals surface area contributed by atoms with Gasteiger partial charge in [-0.1, -0.05) is 19.3 Å². The Labute approximate surface area is 147 Å². The van der Waals surface area contributed by atoms with Gasteiger partial charge in [-0.2, -0.15) is 17.0 Å². The molecule has 23 heavy (non-hydrogen) atoms. The molecule has 1 atom stereocenters. The number of nitrogens with two attached hydrogens (primary N) is 1. The fraction of sp³-hybridized carbons (Fsp3) is 1.00. The summed E-state index contributed by atoms with van der Waals surface area (Å²) in [6, 6.07) is 0. The third-order valence-electron chi connectivity index (χ3n) is 6.16. The predicted molar refractivity (Wildman–Crippen MR) is 95.8 cm³/mol. The summed E-state index contributed by atoms with van der Waals surface area (Å²) in [4.78, 5) is 0. The van der Waals surface area contributed by atoms with E-state index in [1.54, 1.807) is 8.61 Å². The Hall–Kier alpha value is 0.120. The summed E-state index contributed by atoms with van der Waals surface area (Å²) in [5, 5.41) is 0. The lowest BCUT2D eigenvalue weighted by molar-refractivity contribution is 0.0981. The summed E-state index contributed by atoms with van der Waals surface area (Å²) in [5.74, 6) is 0.331. The summed E-state index contributed by atoms with van der Waals surface area (Å²) >= 11 is 0. The van der Waals surface area contributed by atoms with E-state index in [1.807, 2.05) is 0 Å². The zero-order valence-electron chi connectivity index (χ0n) is 14.1. The second-order valence-electron chi connectivity index (χ2n) is 7.57. The molecular formula is C16H32ClN3O2S. The van der Waals surface area contributed by atoms with Crippen LogP contribution in [0.4, 0.5) is 0 Å². The highest BCUT2D eigenvalue weighted by Crippen LogP contribution is 2.45. The second kappa shape index (κ2) is 8.00. The van der Waals surface area contributed by atoms with Gasteiger partial charge < -0.3 is 5.73 Å². The van der Waals surface area contributed by atoms with Crippen molar-refractivity contribution in [1.29, 1.82) is 0 Å². The van der Waals surface area contributed by atoms with E-state index < -0.39 is 10.2 Å². The zero-order chi connectivity index (χ0) is 15.6. The molecule has 0 aromatic rings. The Morgan fingerprint density at radius 2 is 1.57 bits per heavy atom. The highest BCUT2D eigenvalue weighted by molar-refractivity contribution is 7.86. The first-order chi connectivity index (χ1) is 10.6. The first-order valence-electron chi connectivity index (χ1n) is 9.01. The van der Waals surface area contributed by atoms with E-state index in [0.717, 1.165) is 25.7 Å². The fourth-order valence-corrected chi connectivity index (χ4v) is 6.31. The molecule has 2 N–H and O–H groups in total. The lowest BCUT2D eigenvalue weighted by Crippen LogP contribution is -2.52. The number of hydrogen-bond acceptors (Lipinski definition) is 3. The molecule has 5 nitrogen and oxygen atoms in total. The van der Waals surface area contributed by atoms with Crippen LogP contribution >= 0.6 is 12.4 Å². The lowest BCUT2D eigenvalue weighted by Gasteiger charge is -2.45. The van der Waals surface area contributed by atoms with Crippen LogP contribution in [0.2, 0.25) is 0 Å². The van der Waals surface area contributed by atoms with E-state index in [9.17, 15) is 8.42 Å². The van der Waals surface area contributed by atoms with E-state index in [4.69, 9.17) is 5.73 Å². The maximum Gasteiger partial charge on any atom is 0.281 e. The third-order valence-corrected chi connectivity index (χ3v) is 8.17. The molecule has 0 amide bonds. The van der Waals surface area contributed by atoms with Crippen molar-refractivity contribution in [2.24, 2.45) is 17.1 Å². The average Bonchev–Trinajstić information content (AvgIpc) is 2.56. The maximum absolute atomic E-state index is 12.9. The second-order valence-corrected chi connectivity index (χ2v) is 9.50. The molecule has 0 radical (unpaired) electrons. The van der Waals surface area contributed by atoms with E-state index in [2.05, 4.69) is 0 Å². The minimum atomic E-state index is -3.27. The summed E-state index contributed by atoms with van der Waals surface area (Å²) in [7, 11) is -3.27. The van der Waals surface area contributed by atoms with Crippen LogP contribution in [0.1, 0.15) is 57.8 Å². The standard InChI is InChI=1S/C16H31N3O2S.ClH/c17-13-15-5-4-10-19(14-15)22(20,21)18-11-8-16(9-12-18)6-2-1-3-7-16;/h15H,1-14,17H2;1H. The van der Waals surface area contributed by atoms with E-state index >= 15 is 0 Å². The van der Waals surface area contributed by atoms with Gasteiger partial charge >= 0.3 is 0 Å². The number of piperidine rings is 2. The lowest BCUT2D eigenvalue weighted by atomic mass is 9.68. The van der Waals surface area contributed by atoms with Crippen LogP contribution in [0.25, 0.3) is 0 Å². The first kappa shape index (κ1) is 19.4. The topological polar surface area (TPSA) is 66.6 Å². The Morgan fingerprint density at radius 3 is 2.17 bits per heavy atom. The van der Waals surface area contributed by atoms with Crippen molar-refractivity contribution in [3.05, 3.63) is 0 Å². The van der Waals surface area contributed by atoms with E-state index in [0.29, 0.717) is 44.1 Å². The van der Waals surface area contributed by atoms with Crippen LogP contribution in [0, 0.1) is 11.3 Å². The summed E-state index contributed by atoms with van der Waals surface area (Å²) in [6.45, 7) is 3.30. The molecule has 7 heteroatoms. The number of nitrogens with zero attached hydrogens (tertiary/aromatic N) is 2. The normalized spacial score (nSPS) is 30.0. The van der Waals surface area contributed by atoms with E-state index in [-0.39, 0.29) is 12.4 Å². The molecule has 1 spiro atoms. The molecule has 0 bridgehead atoms. The van der Waals surface area contributed by atoms with Gasteiger partial charge in [-0.3, -0.25) is 0 Å². The molecular weight excluding hydrogens is 334 g/mol. The predicted octanol–water partition coefficient (Wildman–Crippen LogP) is 2.37. The summed E-state index contributed by atoms with van der Waals surface area (Å²) in [5.41, 5.74) is 6.20. The van der Waals surface area contributed by atoms with Gasteiger partial charge in [-0.05, 0) is 56.4 Å². The van der Waals surface area contributed by atoms with Crippen LogP contribution in [-0.4, -0.2) is 49.8 Å². The van der Waals surface area contributed by atoms with Gasteiger partial charge in [-0.15, -0.1) is 12.4 Å².